The first-order valence-corrected chi connectivity index (χ1v) is 5.95. The fourth-order valence-corrected chi connectivity index (χ4v) is 1.86. The zero-order valence-corrected chi connectivity index (χ0v) is 10.8. The molecule has 5 nitrogen and oxygen atoms in total. The lowest BCUT2D eigenvalue weighted by Gasteiger charge is -2.13. The largest absolute Gasteiger partial charge is 0.347 e. The number of nitrogens with one attached hydrogen (secondary N) is 1. The van der Waals surface area contributed by atoms with Gasteiger partial charge in [0, 0.05) is 6.92 Å². The summed E-state index contributed by atoms with van der Waals surface area (Å²) in [5, 5.41) is 6.88. The molecule has 2 rings (SSSR count). The van der Waals surface area contributed by atoms with Crippen molar-refractivity contribution in [3.63, 3.8) is 0 Å². The summed E-state index contributed by atoms with van der Waals surface area (Å²) >= 11 is 0. The van der Waals surface area contributed by atoms with Crippen LogP contribution in [0.2, 0.25) is 0 Å². The second kappa shape index (κ2) is 5.60. The number of halogens is 1. The molecule has 1 amide bonds. The zero-order valence-electron chi connectivity index (χ0n) is 10.8. The van der Waals surface area contributed by atoms with Crippen LogP contribution in [0.25, 0.3) is 0 Å². The average Bonchev–Trinajstić information content (AvgIpc) is 2.79. The van der Waals surface area contributed by atoms with Gasteiger partial charge in [-0.15, -0.1) is 0 Å². The quantitative estimate of drug-likeness (QED) is 0.911. The lowest BCUT2D eigenvalue weighted by atomic mass is 10.2. The second-order valence-electron chi connectivity index (χ2n) is 4.32. The molecule has 0 saturated heterocycles. The maximum absolute atomic E-state index is 12.8. The molecule has 0 aliphatic heterocycles. The van der Waals surface area contributed by atoms with E-state index in [1.54, 1.807) is 16.8 Å². The lowest BCUT2D eigenvalue weighted by molar-refractivity contribution is -0.119. The summed E-state index contributed by atoms with van der Waals surface area (Å²) in [7, 11) is 0. The Kier molecular flexibility index (Phi) is 3.89. The molecule has 2 aromatic rings. The predicted molar refractivity (Wildman–Crippen MR) is 67.8 cm³/mol. The van der Waals surface area contributed by atoms with E-state index in [0.29, 0.717) is 12.4 Å². The standard InChI is InChI=1S/C13H15FN4O/c1-9(17-10(2)19)13-15-8-16-18(13)7-11-3-5-12(14)6-4-11/h3-6,8-9H,7H2,1-2H3,(H,17,19)/t9-/m0/s1. The molecular weight excluding hydrogens is 247 g/mol. The van der Waals surface area contributed by atoms with E-state index < -0.39 is 0 Å². The minimum atomic E-state index is -0.269. The van der Waals surface area contributed by atoms with Crippen LogP contribution in [-0.4, -0.2) is 20.7 Å². The van der Waals surface area contributed by atoms with Crippen LogP contribution >= 0.6 is 0 Å². The number of rotatable bonds is 4. The number of aromatic nitrogens is 3. The van der Waals surface area contributed by atoms with Crippen LogP contribution in [0.1, 0.15) is 31.3 Å². The van der Waals surface area contributed by atoms with E-state index >= 15 is 0 Å². The molecule has 1 aromatic heterocycles. The third kappa shape index (κ3) is 3.37. The Bertz CT molecular complexity index is 564. The monoisotopic (exact) mass is 262 g/mol. The number of hydrogen-bond donors (Lipinski definition) is 1. The summed E-state index contributed by atoms with van der Waals surface area (Å²) in [6.07, 6.45) is 1.44. The SMILES string of the molecule is CC(=O)N[C@@H](C)c1ncnn1Cc1ccc(F)cc1. The molecule has 0 radical (unpaired) electrons. The summed E-state index contributed by atoms with van der Waals surface area (Å²) in [5.41, 5.74) is 0.920. The fraction of sp³-hybridized carbons (Fsp3) is 0.308. The molecule has 100 valence electrons. The second-order valence-corrected chi connectivity index (χ2v) is 4.32. The normalized spacial score (nSPS) is 12.2. The molecule has 0 unspecified atom stereocenters. The molecule has 0 aliphatic rings. The van der Waals surface area contributed by atoms with Crippen LogP contribution < -0.4 is 5.32 Å². The molecule has 0 saturated carbocycles. The lowest BCUT2D eigenvalue weighted by Crippen LogP contribution is -2.26. The van der Waals surface area contributed by atoms with Crippen LogP contribution in [0.3, 0.4) is 0 Å². The maximum atomic E-state index is 12.8. The molecule has 0 spiro atoms. The summed E-state index contributed by atoms with van der Waals surface area (Å²) in [4.78, 5) is 15.2. The number of hydrogen-bond acceptors (Lipinski definition) is 3. The number of carbonyl (C=O) groups is 1. The topological polar surface area (TPSA) is 59.8 Å². The molecule has 0 fully saturated rings. The number of benzene rings is 1. The van der Waals surface area contributed by atoms with E-state index in [2.05, 4.69) is 15.4 Å². The van der Waals surface area contributed by atoms with Crippen LogP contribution in [-0.2, 0) is 11.3 Å². The van der Waals surface area contributed by atoms with Gasteiger partial charge in [-0.3, -0.25) is 4.79 Å². The Labute approximate surface area is 110 Å². The highest BCUT2D eigenvalue weighted by atomic mass is 19.1. The summed E-state index contributed by atoms with van der Waals surface area (Å²) in [5.74, 6) is 0.275. The Morgan fingerprint density at radius 2 is 2.11 bits per heavy atom. The first-order valence-electron chi connectivity index (χ1n) is 5.95. The van der Waals surface area contributed by atoms with Crippen molar-refractivity contribution >= 4 is 5.91 Å². The van der Waals surface area contributed by atoms with Crippen molar-refractivity contribution in [1.29, 1.82) is 0 Å². The summed E-state index contributed by atoms with van der Waals surface area (Å²) in [6.45, 7) is 3.78. The van der Waals surface area contributed by atoms with Gasteiger partial charge in [-0.05, 0) is 24.6 Å². The van der Waals surface area contributed by atoms with Gasteiger partial charge in [0.1, 0.15) is 18.0 Å². The van der Waals surface area contributed by atoms with Gasteiger partial charge in [-0.25, -0.2) is 14.1 Å². The van der Waals surface area contributed by atoms with Crippen molar-refractivity contribution in [2.75, 3.05) is 0 Å². The summed E-state index contributed by atoms with van der Waals surface area (Å²) < 4.78 is 14.5. The minimum absolute atomic E-state index is 0.121. The van der Waals surface area contributed by atoms with Crippen LogP contribution in [0.15, 0.2) is 30.6 Å². The van der Waals surface area contributed by atoms with Gasteiger partial charge >= 0.3 is 0 Å². The Morgan fingerprint density at radius 3 is 2.74 bits per heavy atom. The van der Waals surface area contributed by atoms with Gasteiger partial charge in [0.15, 0.2) is 0 Å². The number of amides is 1. The Morgan fingerprint density at radius 1 is 1.42 bits per heavy atom. The predicted octanol–water partition coefficient (Wildman–Crippen LogP) is 1.66. The van der Waals surface area contributed by atoms with E-state index in [0.717, 1.165) is 5.56 Å². The highest BCUT2D eigenvalue weighted by Gasteiger charge is 2.14. The van der Waals surface area contributed by atoms with E-state index in [1.165, 1.54) is 25.4 Å². The van der Waals surface area contributed by atoms with Gasteiger partial charge in [-0.1, -0.05) is 12.1 Å². The maximum Gasteiger partial charge on any atom is 0.217 e. The number of nitrogens with zero attached hydrogens (tertiary/aromatic N) is 3. The number of carbonyl (C=O) groups excluding carboxylic acids is 1. The van der Waals surface area contributed by atoms with Crippen molar-refractivity contribution in [2.45, 2.75) is 26.4 Å². The fourth-order valence-electron chi connectivity index (χ4n) is 1.86. The first-order chi connectivity index (χ1) is 9.06. The van der Waals surface area contributed by atoms with Crippen molar-refractivity contribution in [3.8, 4) is 0 Å². The Balaban J connectivity index is 2.15. The van der Waals surface area contributed by atoms with E-state index in [4.69, 9.17) is 0 Å². The van der Waals surface area contributed by atoms with E-state index in [1.807, 2.05) is 6.92 Å². The third-order valence-electron chi connectivity index (χ3n) is 2.70. The minimum Gasteiger partial charge on any atom is -0.347 e. The molecule has 1 heterocycles. The first kappa shape index (κ1) is 13.2. The molecule has 6 heteroatoms. The average molecular weight is 262 g/mol. The molecular formula is C13H15FN4O. The molecule has 0 aliphatic carbocycles. The van der Waals surface area contributed by atoms with Gasteiger partial charge in [0.2, 0.25) is 5.91 Å². The van der Waals surface area contributed by atoms with E-state index in [9.17, 15) is 9.18 Å². The van der Waals surface area contributed by atoms with Crippen LogP contribution in [0.4, 0.5) is 4.39 Å². The van der Waals surface area contributed by atoms with Gasteiger partial charge < -0.3 is 5.32 Å². The van der Waals surface area contributed by atoms with Crippen molar-refractivity contribution in [2.24, 2.45) is 0 Å². The van der Waals surface area contributed by atoms with Crippen molar-refractivity contribution in [3.05, 3.63) is 47.8 Å². The molecule has 1 atom stereocenters. The summed E-state index contributed by atoms with van der Waals surface area (Å²) in [6, 6.07) is 5.99. The van der Waals surface area contributed by atoms with Gasteiger partial charge in [0.25, 0.3) is 0 Å². The van der Waals surface area contributed by atoms with Crippen molar-refractivity contribution < 1.29 is 9.18 Å². The molecule has 1 aromatic carbocycles. The van der Waals surface area contributed by atoms with Gasteiger partial charge in [0.05, 0.1) is 12.6 Å². The molecule has 19 heavy (non-hydrogen) atoms. The van der Waals surface area contributed by atoms with Gasteiger partial charge in [-0.2, -0.15) is 5.10 Å². The van der Waals surface area contributed by atoms with Crippen LogP contribution in [0, 0.1) is 5.82 Å². The molecule has 1 N–H and O–H groups in total. The molecule has 0 bridgehead atoms. The third-order valence-corrected chi connectivity index (χ3v) is 2.70. The van der Waals surface area contributed by atoms with E-state index in [-0.39, 0.29) is 17.8 Å². The van der Waals surface area contributed by atoms with Crippen LogP contribution in [0.5, 0.6) is 0 Å². The highest BCUT2D eigenvalue weighted by molar-refractivity contribution is 5.73. The highest BCUT2D eigenvalue weighted by Crippen LogP contribution is 2.11. The zero-order chi connectivity index (χ0) is 13.8. The smallest absolute Gasteiger partial charge is 0.217 e. The van der Waals surface area contributed by atoms with Crippen molar-refractivity contribution in [1.82, 2.24) is 20.1 Å². The Hall–Kier alpha value is -2.24.